The van der Waals surface area contributed by atoms with Crippen molar-refractivity contribution in [1.82, 2.24) is 15.1 Å². The SMILES string of the molecule is CN(C(=O)c1cc(N=O)n[nH]1)C1CC1. The Morgan fingerprint density at radius 2 is 2.43 bits per heavy atom. The Balaban J connectivity index is 2.13. The second kappa shape index (κ2) is 3.21. The largest absolute Gasteiger partial charge is 0.337 e. The highest BCUT2D eigenvalue weighted by Gasteiger charge is 2.30. The molecule has 1 aromatic rings. The molecule has 1 heterocycles. The van der Waals surface area contributed by atoms with E-state index in [4.69, 9.17) is 0 Å². The first kappa shape index (κ1) is 8.86. The van der Waals surface area contributed by atoms with Gasteiger partial charge in [0, 0.05) is 19.2 Å². The van der Waals surface area contributed by atoms with Crippen molar-refractivity contribution in [2.24, 2.45) is 5.18 Å². The fourth-order valence-corrected chi connectivity index (χ4v) is 1.29. The monoisotopic (exact) mass is 194 g/mol. The summed E-state index contributed by atoms with van der Waals surface area (Å²) in [7, 11) is 1.74. The molecule has 1 aliphatic carbocycles. The van der Waals surface area contributed by atoms with Crippen LogP contribution in [0, 0.1) is 4.91 Å². The molecule has 0 saturated heterocycles. The molecule has 14 heavy (non-hydrogen) atoms. The van der Waals surface area contributed by atoms with E-state index in [0.29, 0.717) is 11.7 Å². The molecule has 0 radical (unpaired) electrons. The fourth-order valence-electron chi connectivity index (χ4n) is 1.29. The van der Waals surface area contributed by atoms with E-state index in [2.05, 4.69) is 15.4 Å². The van der Waals surface area contributed by atoms with Crippen molar-refractivity contribution in [1.29, 1.82) is 0 Å². The number of hydrogen-bond acceptors (Lipinski definition) is 4. The minimum absolute atomic E-state index is 0.0116. The summed E-state index contributed by atoms with van der Waals surface area (Å²) in [6.45, 7) is 0. The summed E-state index contributed by atoms with van der Waals surface area (Å²) in [6.07, 6.45) is 2.10. The highest BCUT2D eigenvalue weighted by atomic mass is 16.3. The normalized spacial score (nSPS) is 15.2. The lowest BCUT2D eigenvalue weighted by Gasteiger charge is -2.14. The number of rotatable bonds is 3. The first-order valence-corrected chi connectivity index (χ1v) is 4.38. The van der Waals surface area contributed by atoms with Crippen molar-refractivity contribution in [2.45, 2.75) is 18.9 Å². The topological polar surface area (TPSA) is 78.4 Å². The number of aromatic nitrogens is 2. The summed E-state index contributed by atoms with van der Waals surface area (Å²) in [5.41, 5.74) is 0.314. The highest BCUT2D eigenvalue weighted by Crippen LogP contribution is 2.26. The number of aromatic amines is 1. The molecule has 1 saturated carbocycles. The van der Waals surface area contributed by atoms with Gasteiger partial charge in [-0.2, -0.15) is 5.10 Å². The van der Waals surface area contributed by atoms with Crippen molar-refractivity contribution in [3.05, 3.63) is 16.7 Å². The molecule has 6 heteroatoms. The van der Waals surface area contributed by atoms with E-state index in [-0.39, 0.29) is 11.7 Å². The number of H-pyrrole nitrogens is 1. The predicted octanol–water partition coefficient (Wildman–Crippen LogP) is 1.04. The van der Waals surface area contributed by atoms with Crippen molar-refractivity contribution >= 4 is 11.7 Å². The van der Waals surface area contributed by atoms with Gasteiger partial charge in [-0.15, -0.1) is 4.91 Å². The zero-order chi connectivity index (χ0) is 10.1. The van der Waals surface area contributed by atoms with Gasteiger partial charge in [0.15, 0.2) is 0 Å². The third kappa shape index (κ3) is 1.50. The van der Waals surface area contributed by atoms with Crippen LogP contribution in [-0.2, 0) is 0 Å². The fraction of sp³-hybridized carbons (Fsp3) is 0.500. The number of carbonyl (C=O) groups excluding carboxylic acids is 1. The molecular weight excluding hydrogens is 184 g/mol. The molecular formula is C8H10N4O2. The lowest BCUT2D eigenvalue weighted by molar-refractivity contribution is 0.0779. The number of amides is 1. The van der Waals surface area contributed by atoms with Gasteiger partial charge in [-0.25, -0.2) is 0 Å². The van der Waals surface area contributed by atoms with E-state index in [1.807, 2.05) is 0 Å². The summed E-state index contributed by atoms with van der Waals surface area (Å²) in [5.74, 6) is -0.132. The molecule has 6 nitrogen and oxygen atoms in total. The molecule has 1 amide bonds. The molecule has 1 aromatic heterocycles. The third-order valence-electron chi connectivity index (χ3n) is 2.30. The van der Waals surface area contributed by atoms with E-state index in [1.165, 1.54) is 6.07 Å². The summed E-state index contributed by atoms with van der Waals surface area (Å²) < 4.78 is 0. The van der Waals surface area contributed by atoms with Gasteiger partial charge in [-0.05, 0) is 18.0 Å². The average Bonchev–Trinajstić information content (AvgIpc) is 2.94. The van der Waals surface area contributed by atoms with Crippen LogP contribution in [0.25, 0.3) is 0 Å². The molecule has 74 valence electrons. The minimum atomic E-state index is -0.144. The number of carbonyl (C=O) groups is 1. The summed E-state index contributed by atoms with van der Waals surface area (Å²) in [6, 6.07) is 1.70. The lowest BCUT2D eigenvalue weighted by atomic mass is 10.3. The van der Waals surface area contributed by atoms with Crippen LogP contribution in [0.3, 0.4) is 0 Å². The van der Waals surface area contributed by atoms with Crippen LogP contribution >= 0.6 is 0 Å². The molecule has 0 bridgehead atoms. The Bertz CT molecular complexity index is 369. The van der Waals surface area contributed by atoms with Crippen LogP contribution in [0.2, 0.25) is 0 Å². The Kier molecular flexibility index (Phi) is 2.03. The molecule has 0 aliphatic heterocycles. The van der Waals surface area contributed by atoms with Crippen LogP contribution in [-0.4, -0.2) is 34.1 Å². The van der Waals surface area contributed by atoms with Gasteiger partial charge >= 0.3 is 0 Å². The molecule has 0 aromatic carbocycles. The summed E-state index contributed by atoms with van der Waals surface area (Å²) in [4.78, 5) is 23.4. The van der Waals surface area contributed by atoms with Gasteiger partial charge < -0.3 is 4.90 Å². The molecule has 0 unspecified atom stereocenters. The van der Waals surface area contributed by atoms with E-state index in [0.717, 1.165) is 12.8 Å². The van der Waals surface area contributed by atoms with E-state index in [9.17, 15) is 9.70 Å². The number of nitrogens with zero attached hydrogens (tertiary/aromatic N) is 3. The van der Waals surface area contributed by atoms with Crippen LogP contribution in [0.5, 0.6) is 0 Å². The maximum absolute atomic E-state index is 11.7. The standard InChI is InChI=1S/C8H10N4O2/c1-12(5-2-3-5)8(13)6-4-7(11-14)10-9-6/h4-5H,2-3H2,1H3,(H,9,10). The summed E-state index contributed by atoms with van der Waals surface area (Å²) >= 11 is 0. The average molecular weight is 194 g/mol. The third-order valence-corrected chi connectivity index (χ3v) is 2.30. The lowest BCUT2D eigenvalue weighted by Crippen LogP contribution is -2.28. The first-order chi connectivity index (χ1) is 6.72. The second-order valence-corrected chi connectivity index (χ2v) is 3.38. The Hall–Kier alpha value is -1.72. The van der Waals surface area contributed by atoms with Crippen LogP contribution < -0.4 is 0 Å². The molecule has 1 N–H and O–H groups in total. The zero-order valence-corrected chi connectivity index (χ0v) is 7.73. The number of nitroso groups, excluding NO2 is 1. The number of hydrogen-bond donors (Lipinski definition) is 1. The number of nitrogens with one attached hydrogen (secondary N) is 1. The van der Waals surface area contributed by atoms with Gasteiger partial charge in [0.1, 0.15) is 5.69 Å². The van der Waals surface area contributed by atoms with Crippen LogP contribution in [0.15, 0.2) is 11.2 Å². The van der Waals surface area contributed by atoms with Crippen LogP contribution in [0.4, 0.5) is 5.82 Å². The zero-order valence-electron chi connectivity index (χ0n) is 7.73. The van der Waals surface area contributed by atoms with Gasteiger partial charge in [-0.1, -0.05) is 0 Å². The van der Waals surface area contributed by atoms with Gasteiger partial charge in [0.2, 0.25) is 5.82 Å². The highest BCUT2D eigenvalue weighted by molar-refractivity contribution is 5.93. The molecule has 2 rings (SSSR count). The minimum Gasteiger partial charge on any atom is -0.337 e. The maximum Gasteiger partial charge on any atom is 0.271 e. The molecule has 0 atom stereocenters. The first-order valence-electron chi connectivity index (χ1n) is 4.38. The van der Waals surface area contributed by atoms with E-state index >= 15 is 0 Å². The predicted molar refractivity (Wildman–Crippen MR) is 49.2 cm³/mol. The Morgan fingerprint density at radius 3 is 2.93 bits per heavy atom. The van der Waals surface area contributed by atoms with E-state index in [1.54, 1.807) is 11.9 Å². The van der Waals surface area contributed by atoms with Crippen molar-refractivity contribution in [3.8, 4) is 0 Å². The smallest absolute Gasteiger partial charge is 0.271 e. The molecule has 0 spiro atoms. The molecule has 1 aliphatic rings. The summed E-state index contributed by atoms with van der Waals surface area (Å²) in [5, 5.41) is 8.68. The van der Waals surface area contributed by atoms with Crippen molar-refractivity contribution in [3.63, 3.8) is 0 Å². The quantitative estimate of drug-likeness (QED) is 0.730. The maximum atomic E-state index is 11.7. The van der Waals surface area contributed by atoms with Crippen LogP contribution in [0.1, 0.15) is 23.3 Å². The second-order valence-electron chi connectivity index (χ2n) is 3.38. The van der Waals surface area contributed by atoms with Gasteiger partial charge in [0.25, 0.3) is 5.91 Å². The van der Waals surface area contributed by atoms with Crippen molar-refractivity contribution < 1.29 is 4.79 Å². The Morgan fingerprint density at radius 1 is 1.71 bits per heavy atom. The van der Waals surface area contributed by atoms with Crippen molar-refractivity contribution in [2.75, 3.05) is 7.05 Å². The van der Waals surface area contributed by atoms with Gasteiger partial charge in [0.05, 0.1) is 0 Å². The van der Waals surface area contributed by atoms with Gasteiger partial charge in [-0.3, -0.25) is 9.89 Å². The Labute approximate surface area is 80.3 Å². The van der Waals surface area contributed by atoms with E-state index < -0.39 is 0 Å². The molecule has 1 fully saturated rings.